The number of hydrogen-bond acceptors (Lipinski definition) is 4. The van der Waals surface area contributed by atoms with Crippen LogP contribution in [0.3, 0.4) is 0 Å². The van der Waals surface area contributed by atoms with Crippen LogP contribution in [0, 0.1) is 10.7 Å². The molecule has 0 aromatic heterocycles. The Hall–Kier alpha value is -0.430. The predicted octanol–water partition coefficient (Wildman–Crippen LogP) is 9.61. The van der Waals surface area contributed by atoms with Crippen molar-refractivity contribution in [2.24, 2.45) is 0 Å². The molecule has 0 bridgehead atoms. The lowest BCUT2D eigenvalue weighted by atomic mass is 9.88. The van der Waals surface area contributed by atoms with E-state index in [9.17, 15) is 89.0 Å². The third kappa shape index (κ3) is 7.62. The van der Waals surface area contributed by atoms with Gasteiger partial charge in [0.15, 0.2) is 0 Å². The Balaban J connectivity index is 3.24. The molecule has 0 saturated carbocycles. The molecule has 270 valence electrons. The summed E-state index contributed by atoms with van der Waals surface area (Å²) in [6, 6.07) is 0. The third-order valence-corrected chi connectivity index (χ3v) is 9.17. The number of carbonyl (C=O) groups is 3. The van der Waals surface area contributed by atoms with Gasteiger partial charge in [-0.25, -0.2) is 0 Å². The zero-order chi connectivity index (χ0) is 37.7. The van der Waals surface area contributed by atoms with Crippen LogP contribution in [0.15, 0.2) is 0 Å². The van der Waals surface area contributed by atoms with Gasteiger partial charge in [-0.05, 0) is 91.0 Å². The first-order valence-electron chi connectivity index (χ1n) is 10.8. The van der Waals surface area contributed by atoms with Gasteiger partial charge >= 0.3 is 47.6 Å². The Morgan fingerprint density at radius 1 is 0.574 bits per heavy atom. The molecule has 1 N–H and O–H groups in total. The van der Waals surface area contributed by atoms with Gasteiger partial charge in [-0.2, -0.15) is 74.6 Å². The van der Waals surface area contributed by atoms with Gasteiger partial charge in [-0.15, -0.1) is 0 Å². The van der Waals surface area contributed by atoms with Gasteiger partial charge in [0.25, 0.3) is 10.5 Å². The monoisotopic (exact) mass is 1100 g/mol. The van der Waals surface area contributed by atoms with E-state index in [0.29, 0.717) is 0 Å². The van der Waals surface area contributed by atoms with Crippen molar-refractivity contribution in [2.45, 2.75) is 54.1 Å². The van der Waals surface area contributed by atoms with Crippen molar-refractivity contribution >= 4 is 113 Å². The molecule has 1 rings (SSSR count). The topological polar surface area (TPSA) is 72.5 Å². The number of alkyl halides is 17. The molecule has 0 fully saturated rings. The molecule has 47 heavy (non-hydrogen) atoms. The van der Waals surface area contributed by atoms with E-state index in [2.05, 4.69) is 4.74 Å². The van der Waals surface area contributed by atoms with Crippen molar-refractivity contribution in [3.8, 4) is 0 Å². The minimum absolute atomic E-state index is 0.0910. The quantitative estimate of drug-likeness (QED) is 0.0873. The average molecular weight is 1100 g/mol. The maximum absolute atomic E-state index is 14.0. The molecule has 0 radical (unpaired) electrons. The summed E-state index contributed by atoms with van der Waals surface area (Å²) in [5.74, 6) is -58.8. The smallest absolute Gasteiger partial charge is 0.371 e. The molecule has 27 heteroatoms. The molecule has 0 saturated heterocycles. The zero-order valence-corrected chi connectivity index (χ0v) is 29.1. The van der Waals surface area contributed by atoms with Crippen LogP contribution in [0.25, 0.3) is 0 Å². The molecule has 1 aromatic rings. The van der Waals surface area contributed by atoms with E-state index < -0.39 is 83.7 Å². The van der Waals surface area contributed by atoms with Gasteiger partial charge in [-0.1, -0.05) is 0 Å². The molecule has 0 aliphatic rings. The number of nitrogens with one attached hydrogen (secondary N) is 1. The van der Waals surface area contributed by atoms with Gasteiger partial charge in [0, 0.05) is 9.99 Å². The summed E-state index contributed by atoms with van der Waals surface area (Å²) in [6.45, 7) is -3.52. The highest BCUT2D eigenvalue weighted by Crippen LogP contribution is 2.64. The van der Waals surface area contributed by atoms with Crippen LogP contribution in [0.5, 0.6) is 0 Å². The van der Waals surface area contributed by atoms with Gasteiger partial charge in [-0.3, -0.25) is 14.4 Å². The number of anilines is 1. The van der Waals surface area contributed by atoms with Crippen molar-refractivity contribution in [1.82, 2.24) is 0 Å². The second-order valence-corrected chi connectivity index (χ2v) is 12.5. The Labute approximate surface area is 299 Å². The van der Waals surface area contributed by atoms with Crippen molar-refractivity contribution in [2.75, 3.05) is 18.5 Å². The summed E-state index contributed by atoms with van der Waals surface area (Å²) in [5, 5.41) is -0.390. The number of benzene rings is 1. The Morgan fingerprint density at radius 3 is 1.26 bits per heavy atom. The highest BCUT2D eigenvalue weighted by atomic mass is 127. The van der Waals surface area contributed by atoms with Crippen molar-refractivity contribution in [3.05, 3.63) is 21.8 Å². The largest absolute Gasteiger partial charge is 0.460 e. The SMILES string of the molecule is O=C(COCCC(F)(F)C(F)(F)C(F)(F)C(F)(F)C(F)(F)C(F)(F)C(F)(F)C(F)(F)F)Nc1c(I)c(C(=O)Cl)c(I)c(C(=O)Cl)c1I. The molecular weight excluding hydrogens is 1090 g/mol. The van der Waals surface area contributed by atoms with Crippen LogP contribution in [0.1, 0.15) is 27.1 Å². The maximum Gasteiger partial charge on any atom is 0.460 e. The van der Waals surface area contributed by atoms with Crippen molar-refractivity contribution in [1.29, 1.82) is 0 Å². The predicted molar refractivity (Wildman–Crippen MR) is 150 cm³/mol. The summed E-state index contributed by atoms with van der Waals surface area (Å²) < 4.78 is 231. The molecule has 0 aliphatic heterocycles. The maximum atomic E-state index is 14.0. The van der Waals surface area contributed by atoms with Crippen LogP contribution < -0.4 is 5.32 Å². The minimum Gasteiger partial charge on any atom is -0.371 e. The Bertz CT molecular complexity index is 1380. The van der Waals surface area contributed by atoms with E-state index in [1.807, 2.05) is 5.32 Å². The van der Waals surface area contributed by atoms with E-state index in [-0.39, 0.29) is 27.5 Å². The molecule has 0 aliphatic carbocycles. The van der Waals surface area contributed by atoms with Gasteiger partial charge < -0.3 is 10.1 Å². The average Bonchev–Trinajstić information content (AvgIpc) is 2.87. The lowest BCUT2D eigenvalue weighted by Crippen LogP contribution is -2.74. The fraction of sp³-hybridized carbons (Fsp3) is 0.550. The Morgan fingerprint density at radius 2 is 0.915 bits per heavy atom. The van der Waals surface area contributed by atoms with E-state index in [1.54, 1.807) is 0 Å². The van der Waals surface area contributed by atoms with E-state index in [4.69, 9.17) is 23.2 Å². The highest BCUT2D eigenvalue weighted by molar-refractivity contribution is 14.1. The van der Waals surface area contributed by atoms with Crippen LogP contribution in [-0.2, 0) is 9.53 Å². The molecule has 0 spiro atoms. The number of ether oxygens (including phenoxy) is 1. The fourth-order valence-electron chi connectivity index (χ4n) is 3.01. The first-order valence-corrected chi connectivity index (χ1v) is 14.8. The lowest BCUT2D eigenvalue weighted by Gasteiger charge is -2.42. The lowest BCUT2D eigenvalue weighted by molar-refractivity contribution is -0.462. The van der Waals surface area contributed by atoms with Crippen molar-refractivity contribution in [3.63, 3.8) is 0 Å². The first kappa shape index (κ1) is 44.6. The number of carbonyl (C=O) groups excluding carboxylic acids is 3. The van der Waals surface area contributed by atoms with Gasteiger partial charge in [0.05, 0.1) is 30.6 Å². The van der Waals surface area contributed by atoms with Crippen LogP contribution in [0.2, 0.25) is 0 Å². The summed E-state index contributed by atoms with van der Waals surface area (Å²) >= 11 is 15.3. The summed E-state index contributed by atoms with van der Waals surface area (Å²) in [5.41, 5.74) is -1.14. The molecule has 1 amide bonds. The van der Waals surface area contributed by atoms with E-state index in [0.717, 1.165) is 0 Å². The minimum atomic E-state index is -8.75. The fourth-order valence-corrected chi connectivity index (χ4v) is 8.44. The zero-order valence-electron chi connectivity index (χ0n) is 21.1. The summed E-state index contributed by atoms with van der Waals surface area (Å²) in [4.78, 5) is 35.8. The normalized spacial score (nSPS) is 14.3. The summed E-state index contributed by atoms with van der Waals surface area (Å²) in [7, 11) is 0. The van der Waals surface area contributed by atoms with Gasteiger partial charge in [0.1, 0.15) is 6.61 Å². The molecule has 0 heterocycles. The molecule has 5 nitrogen and oxygen atoms in total. The van der Waals surface area contributed by atoms with Crippen LogP contribution in [0.4, 0.5) is 80.3 Å². The summed E-state index contributed by atoms with van der Waals surface area (Å²) in [6.07, 6.45) is -10.8. The van der Waals surface area contributed by atoms with Crippen LogP contribution in [-0.4, -0.2) is 77.2 Å². The van der Waals surface area contributed by atoms with E-state index >= 15 is 0 Å². The van der Waals surface area contributed by atoms with Crippen molar-refractivity contribution < 1.29 is 93.8 Å². The molecule has 0 atom stereocenters. The molecule has 0 unspecified atom stereocenters. The molecule has 1 aromatic carbocycles. The number of halogens is 22. The third-order valence-electron chi connectivity index (χ3n) is 5.56. The second kappa shape index (κ2) is 14.3. The first-order chi connectivity index (χ1) is 20.6. The van der Waals surface area contributed by atoms with E-state index in [1.165, 1.54) is 67.8 Å². The standard InChI is InChI=1S/C20H7Cl2F17I3NO4/c21-11(45)5-7(40)6(12(22)46)9(42)10(8(5)41)43-4(44)3-47-2-1-13(23,24)14(25,26)15(27,28)16(29,30)17(31,32)18(33,34)19(35,36)20(37,38)39/h1-3H2,(H,43,44). The number of rotatable bonds is 14. The number of amides is 1. The van der Waals surface area contributed by atoms with Crippen LogP contribution >= 0.6 is 91.0 Å². The molecular formula is C20H7Cl2F17I3NO4. The highest BCUT2D eigenvalue weighted by Gasteiger charge is 2.95. The second-order valence-electron chi connectivity index (χ2n) is 8.61. The van der Waals surface area contributed by atoms with Gasteiger partial charge in [0.2, 0.25) is 5.91 Å². The number of hydrogen-bond donors (Lipinski definition) is 1. The Kier molecular flexibility index (Phi) is 13.6.